The first-order chi connectivity index (χ1) is 10.8. The first kappa shape index (κ1) is 15.3. The van der Waals surface area contributed by atoms with Crippen LogP contribution in [0.3, 0.4) is 0 Å². The van der Waals surface area contributed by atoms with Gasteiger partial charge in [0, 0.05) is 25.2 Å². The molecule has 0 spiro atoms. The predicted octanol–water partition coefficient (Wildman–Crippen LogP) is 1.60. The second kappa shape index (κ2) is 7.11. The van der Waals surface area contributed by atoms with Gasteiger partial charge in [0.2, 0.25) is 0 Å². The zero-order valence-electron chi connectivity index (χ0n) is 12.9. The molecule has 2 unspecified atom stereocenters. The van der Waals surface area contributed by atoms with Gasteiger partial charge in [0.15, 0.2) is 0 Å². The van der Waals surface area contributed by atoms with Crippen molar-refractivity contribution in [2.45, 2.75) is 50.9 Å². The summed E-state index contributed by atoms with van der Waals surface area (Å²) in [6, 6.07) is 8.31. The minimum Gasteiger partial charge on any atom is -0.392 e. The molecule has 3 rings (SSSR count). The first-order valence-corrected chi connectivity index (χ1v) is 8.24. The average Bonchev–Trinajstić information content (AvgIpc) is 2.96. The van der Waals surface area contributed by atoms with Crippen LogP contribution in [-0.4, -0.2) is 41.2 Å². The van der Waals surface area contributed by atoms with Gasteiger partial charge in [0.05, 0.1) is 6.61 Å². The molecule has 0 radical (unpaired) electrons. The van der Waals surface area contributed by atoms with E-state index in [0.29, 0.717) is 12.6 Å². The SMILES string of the molecule is O=C(NCc1ccccc1CO)NC1CCN2CCCCC12. The second-order valence-corrected chi connectivity index (χ2v) is 6.25. The van der Waals surface area contributed by atoms with Gasteiger partial charge in [0.1, 0.15) is 0 Å². The van der Waals surface area contributed by atoms with E-state index < -0.39 is 0 Å². The molecule has 0 aromatic heterocycles. The molecule has 22 heavy (non-hydrogen) atoms. The first-order valence-electron chi connectivity index (χ1n) is 8.24. The van der Waals surface area contributed by atoms with E-state index in [0.717, 1.165) is 24.1 Å². The molecule has 120 valence electrons. The Morgan fingerprint density at radius 3 is 2.82 bits per heavy atom. The van der Waals surface area contributed by atoms with Crippen molar-refractivity contribution in [3.05, 3.63) is 35.4 Å². The number of fused-ring (bicyclic) bond motifs is 1. The molecule has 5 heteroatoms. The van der Waals surface area contributed by atoms with Gasteiger partial charge in [-0.3, -0.25) is 4.90 Å². The predicted molar refractivity (Wildman–Crippen MR) is 85.4 cm³/mol. The van der Waals surface area contributed by atoms with Crippen molar-refractivity contribution in [3.63, 3.8) is 0 Å². The largest absolute Gasteiger partial charge is 0.392 e. The number of benzene rings is 1. The summed E-state index contributed by atoms with van der Waals surface area (Å²) < 4.78 is 0. The number of piperidine rings is 1. The molecule has 5 nitrogen and oxygen atoms in total. The number of carbonyl (C=O) groups excluding carboxylic acids is 1. The van der Waals surface area contributed by atoms with Crippen LogP contribution < -0.4 is 10.6 Å². The molecule has 0 bridgehead atoms. The summed E-state index contributed by atoms with van der Waals surface area (Å²) in [5.74, 6) is 0. The summed E-state index contributed by atoms with van der Waals surface area (Å²) in [5, 5.41) is 15.4. The van der Waals surface area contributed by atoms with Gasteiger partial charge in [0.25, 0.3) is 0 Å². The van der Waals surface area contributed by atoms with Crippen LogP contribution in [0, 0.1) is 0 Å². The number of amides is 2. The molecule has 2 aliphatic rings. The lowest BCUT2D eigenvalue weighted by Gasteiger charge is -2.32. The van der Waals surface area contributed by atoms with Gasteiger partial charge in [-0.2, -0.15) is 0 Å². The highest BCUT2D eigenvalue weighted by Gasteiger charge is 2.36. The molecule has 2 fully saturated rings. The highest BCUT2D eigenvalue weighted by molar-refractivity contribution is 5.74. The van der Waals surface area contributed by atoms with Gasteiger partial charge < -0.3 is 15.7 Å². The lowest BCUT2D eigenvalue weighted by molar-refractivity contribution is 0.179. The van der Waals surface area contributed by atoms with Crippen molar-refractivity contribution >= 4 is 6.03 Å². The molecule has 1 aromatic rings. The third kappa shape index (κ3) is 3.42. The van der Waals surface area contributed by atoms with Crippen LogP contribution in [0.5, 0.6) is 0 Å². The van der Waals surface area contributed by atoms with E-state index in [4.69, 9.17) is 0 Å². The molecule has 0 saturated carbocycles. The number of aliphatic hydroxyl groups is 1. The second-order valence-electron chi connectivity index (χ2n) is 6.25. The molecular weight excluding hydrogens is 278 g/mol. The fraction of sp³-hybridized carbons (Fsp3) is 0.588. The monoisotopic (exact) mass is 303 g/mol. The van der Waals surface area contributed by atoms with E-state index in [1.807, 2.05) is 24.3 Å². The van der Waals surface area contributed by atoms with E-state index in [1.54, 1.807) is 0 Å². The molecule has 3 N–H and O–H groups in total. The van der Waals surface area contributed by atoms with Crippen LogP contribution in [-0.2, 0) is 13.2 Å². The van der Waals surface area contributed by atoms with Crippen LogP contribution >= 0.6 is 0 Å². The Morgan fingerprint density at radius 1 is 1.18 bits per heavy atom. The van der Waals surface area contributed by atoms with Crippen LogP contribution in [0.4, 0.5) is 4.79 Å². The molecule has 2 aliphatic heterocycles. The van der Waals surface area contributed by atoms with Gasteiger partial charge >= 0.3 is 6.03 Å². The number of nitrogens with one attached hydrogen (secondary N) is 2. The Bertz CT molecular complexity index is 520. The standard InChI is InChI=1S/C17H25N3O2/c21-12-14-6-2-1-5-13(14)11-18-17(22)19-15-8-10-20-9-4-3-7-16(15)20/h1-2,5-6,15-16,21H,3-4,7-12H2,(H2,18,19,22). The van der Waals surface area contributed by atoms with E-state index in [-0.39, 0.29) is 18.7 Å². The number of carbonyl (C=O) groups is 1. The van der Waals surface area contributed by atoms with Crippen molar-refractivity contribution in [1.82, 2.24) is 15.5 Å². The number of rotatable bonds is 4. The molecule has 2 amide bonds. The lowest BCUT2D eigenvalue weighted by atomic mass is 9.99. The maximum absolute atomic E-state index is 12.1. The number of urea groups is 1. The Hall–Kier alpha value is -1.59. The number of hydrogen-bond acceptors (Lipinski definition) is 3. The summed E-state index contributed by atoms with van der Waals surface area (Å²) in [6.45, 7) is 2.72. The Kier molecular flexibility index (Phi) is 4.95. The number of nitrogens with zero attached hydrogens (tertiary/aromatic N) is 1. The topological polar surface area (TPSA) is 64.6 Å². The lowest BCUT2D eigenvalue weighted by Crippen LogP contribution is -2.49. The quantitative estimate of drug-likeness (QED) is 0.792. The van der Waals surface area contributed by atoms with E-state index in [9.17, 15) is 9.90 Å². The van der Waals surface area contributed by atoms with Gasteiger partial charge in [-0.15, -0.1) is 0 Å². The van der Waals surface area contributed by atoms with Crippen LogP contribution in [0.2, 0.25) is 0 Å². The number of aliphatic hydroxyl groups excluding tert-OH is 1. The molecular formula is C17H25N3O2. The zero-order chi connectivity index (χ0) is 15.4. The summed E-state index contributed by atoms with van der Waals surface area (Å²) >= 11 is 0. The van der Waals surface area contributed by atoms with E-state index in [1.165, 1.54) is 25.8 Å². The van der Waals surface area contributed by atoms with Crippen LogP contribution in [0.25, 0.3) is 0 Å². The minimum absolute atomic E-state index is 0.000862. The van der Waals surface area contributed by atoms with Crippen molar-refractivity contribution in [3.8, 4) is 0 Å². The van der Waals surface area contributed by atoms with Crippen LogP contribution in [0.1, 0.15) is 36.8 Å². The smallest absolute Gasteiger partial charge is 0.315 e. The number of hydrogen-bond donors (Lipinski definition) is 3. The van der Waals surface area contributed by atoms with E-state index in [2.05, 4.69) is 15.5 Å². The molecule has 0 aliphatic carbocycles. The highest BCUT2D eigenvalue weighted by atomic mass is 16.3. The van der Waals surface area contributed by atoms with Crippen molar-refractivity contribution in [2.75, 3.05) is 13.1 Å². The maximum Gasteiger partial charge on any atom is 0.315 e. The zero-order valence-corrected chi connectivity index (χ0v) is 12.9. The summed E-state index contributed by atoms with van der Waals surface area (Å²) in [4.78, 5) is 14.7. The van der Waals surface area contributed by atoms with Gasteiger partial charge in [-0.25, -0.2) is 4.79 Å². The highest BCUT2D eigenvalue weighted by Crippen LogP contribution is 2.27. The van der Waals surface area contributed by atoms with E-state index >= 15 is 0 Å². The Labute approximate surface area is 131 Å². The summed E-state index contributed by atoms with van der Waals surface area (Å²) in [7, 11) is 0. The molecule has 2 saturated heterocycles. The minimum atomic E-state index is -0.106. The summed E-state index contributed by atoms with van der Waals surface area (Å²) in [6.07, 6.45) is 4.79. The van der Waals surface area contributed by atoms with Gasteiger partial charge in [-0.05, 0) is 36.9 Å². The van der Waals surface area contributed by atoms with Crippen molar-refractivity contribution in [1.29, 1.82) is 0 Å². The van der Waals surface area contributed by atoms with Crippen molar-refractivity contribution in [2.24, 2.45) is 0 Å². The third-order valence-electron chi connectivity index (χ3n) is 4.90. The average molecular weight is 303 g/mol. The Morgan fingerprint density at radius 2 is 2.00 bits per heavy atom. The van der Waals surface area contributed by atoms with Crippen LogP contribution in [0.15, 0.2) is 24.3 Å². The van der Waals surface area contributed by atoms with Gasteiger partial charge in [-0.1, -0.05) is 30.7 Å². The fourth-order valence-corrected chi connectivity index (χ4v) is 3.69. The summed E-state index contributed by atoms with van der Waals surface area (Å²) in [5.41, 5.74) is 1.83. The molecule has 2 heterocycles. The molecule has 2 atom stereocenters. The van der Waals surface area contributed by atoms with Crippen molar-refractivity contribution < 1.29 is 9.90 Å². The molecule has 1 aromatic carbocycles. The fourth-order valence-electron chi connectivity index (χ4n) is 3.69. The third-order valence-corrected chi connectivity index (χ3v) is 4.90. The maximum atomic E-state index is 12.1. The Balaban J connectivity index is 1.50. The normalized spacial score (nSPS) is 24.8.